The molecule has 1 aliphatic rings. The van der Waals surface area contributed by atoms with Crippen LogP contribution in [0.15, 0.2) is 22.7 Å². The number of nitrogens with zero attached hydrogens (tertiary/aromatic N) is 3. The molecule has 0 amide bonds. The fraction of sp³-hybridized carbons (Fsp3) is 0.588. The predicted molar refractivity (Wildman–Crippen MR) is 98.9 cm³/mol. The van der Waals surface area contributed by atoms with Crippen molar-refractivity contribution in [3.8, 4) is 10.7 Å². The van der Waals surface area contributed by atoms with Gasteiger partial charge in [-0.25, -0.2) is 0 Å². The Morgan fingerprint density at radius 3 is 3.16 bits per heavy atom. The molecule has 0 bridgehead atoms. The zero-order valence-corrected chi connectivity index (χ0v) is 16.0. The number of esters is 1. The summed E-state index contributed by atoms with van der Waals surface area (Å²) in [6.45, 7) is 4.09. The van der Waals surface area contributed by atoms with E-state index in [9.17, 15) is 4.79 Å². The second-order valence-electron chi connectivity index (χ2n) is 5.89. The Bertz CT molecular complexity index is 667. The van der Waals surface area contributed by atoms with Crippen LogP contribution in [0.5, 0.6) is 0 Å². The third-order valence-corrected chi connectivity index (χ3v) is 5.75. The van der Waals surface area contributed by atoms with Crippen LogP contribution >= 0.6 is 23.1 Å². The summed E-state index contributed by atoms with van der Waals surface area (Å²) in [4.78, 5) is 12.9. The van der Waals surface area contributed by atoms with Gasteiger partial charge in [-0.05, 0) is 30.7 Å². The van der Waals surface area contributed by atoms with Gasteiger partial charge in [0.15, 0.2) is 11.0 Å². The summed E-state index contributed by atoms with van der Waals surface area (Å²) in [6, 6.07) is 4.04. The molecule has 25 heavy (non-hydrogen) atoms. The van der Waals surface area contributed by atoms with Gasteiger partial charge in [0, 0.05) is 6.61 Å². The summed E-state index contributed by atoms with van der Waals surface area (Å²) in [6.07, 6.45) is 4.23. The highest BCUT2D eigenvalue weighted by Gasteiger charge is 2.22. The third-order valence-electron chi connectivity index (χ3n) is 3.95. The molecule has 1 saturated heterocycles. The number of hydrogen-bond acceptors (Lipinski definition) is 7. The predicted octanol–water partition coefficient (Wildman–Crippen LogP) is 3.62. The Morgan fingerprint density at radius 2 is 2.44 bits per heavy atom. The van der Waals surface area contributed by atoms with E-state index in [0.717, 1.165) is 48.1 Å². The topological polar surface area (TPSA) is 66.2 Å². The Hall–Kier alpha value is -1.38. The number of ether oxygens (including phenoxy) is 2. The van der Waals surface area contributed by atoms with Gasteiger partial charge in [0.2, 0.25) is 0 Å². The molecule has 0 N–H and O–H groups in total. The maximum atomic E-state index is 11.9. The highest BCUT2D eigenvalue weighted by Crippen LogP contribution is 2.29. The van der Waals surface area contributed by atoms with Crippen molar-refractivity contribution in [3.05, 3.63) is 17.5 Å². The lowest BCUT2D eigenvalue weighted by atomic mass is 10.2. The number of hydrogen-bond donors (Lipinski definition) is 0. The largest absolute Gasteiger partial charge is 0.465 e. The first-order valence-electron chi connectivity index (χ1n) is 8.65. The fourth-order valence-corrected chi connectivity index (χ4v) is 4.10. The van der Waals surface area contributed by atoms with Crippen molar-refractivity contribution in [3.63, 3.8) is 0 Å². The maximum Gasteiger partial charge on any atom is 0.316 e. The van der Waals surface area contributed by atoms with E-state index in [1.165, 1.54) is 11.8 Å². The third kappa shape index (κ3) is 5.05. The number of thiophene rings is 1. The van der Waals surface area contributed by atoms with Gasteiger partial charge in [-0.15, -0.1) is 21.5 Å². The van der Waals surface area contributed by atoms with Gasteiger partial charge in [-0.3, -0.25) is 9.36 Å². The minimum atomic E-state index is -0.206. The molecule has 136 valence electrons. The van der Waals surface area contributed by atoms with Crippen molar-refractivity contribution in [2.75, 3.05) is 19.0 Å². The molecular formula is C17H23N3O3S2. The van der Waals surface area contributed by atoms with Gasteiger partial charge in [0.25, 0.3) is 0 Å². The summed E-state index contributed by atoms with van der Waals surface area (Å²) in [7, 11) is 0. The van der Waals surface area contributed by atoms with Crippen LogP contribution in [-0.4, -0.2) is 45.8 Å². The molecule has 0 spiro atoms. The van der Waals surface area contributed by atoms with E-state index in [0.29, 0.717) is 13.2 Å². The fourth-order valence-electron chi connectivity index (χ4n) is 2.64. The average molecular weight is 382 g/mol. The second kappa shape index (κ2) is 9.35. The van der Waals surface area contributed by atoms with E-state index in [-0.39, 0.29) is 17.8 Å². The van der Waals surface area contributed by atoms with Crippen LogP contribution in [0.4, 0.5) is 0 Å². The normalized spacial score (nSPS) is 17.1. The van der Waals surface area contributed by atoms with Gasteiger partial charge in [-0.2, -0.15) is 0 Å². The lowest BCUT2D eigenvalue weighted by molar-refractivity contribution is -0.140. The van der Waals surface area contributed by atoms with Crippen LogP contribution in [0, 0.1) is 0 Å². The molecule has 0 saturated carbocycles. The Balaban J connectivity index is 1.68. The number of unbranched alkanes of at least 4 members (excludes halogenated alkanes) is 1. The summed E-state index contributed by atoms with van der Waals surface area (Å²) >= 11 is 3.01. The molecule has 6 nitrogen and oxygen atoms in total. The summed E-state index contributed by atoms with van der Waals surface area (Å²) in [5.74, 6) is 0.882. The monoisotopic (exact) mass is 381 g/mol. The summed E-state index contributed by atoms with van der Waals surface area (Å²) < 4.78 is 13.1. The van der Waals surface area contributed by atoms with Crippen molar-refractivity contribution in [1.29, 1.82) is 0 Å². The van der Waals surface area contributed by atoms with Crippen LogP contribution in [0.1, 0.15) is 32.6 Å². The van der Waals surface area contributed by atoms with Crippen molar-refractivity contribution < 1.29 is 14.3 Å². The molecule has 0 radical (unpaired) electrons. The van der Waals surface area contributed by atoms with Crippen molar-refractivity contribution in [1.82, 2.24) is 14.8 Å². The zero-order chi connectivity index (χ0) is 17.5. The molecule has 8 heteroatoms. The van der Waals surface area contributed by atoms with Gasteiger partial charge >= 0.3 is 5.97 Å². The van der Waals surface area contributed by atoms with E-state index < -0.39 is 0 Å². The molecule has 1 fully saturated rings. The smallest absolute Gasteiger partial charge is 0.316 e. The van der Waals surface area contributed by atoms with E-state index >= 15 is 0 Å². The number of carbonyl (C=O) groups excluding carboxylic acids is 1. The van der Waals surface area contributed by atoms with Gasteiger partial charge in [0.1, 0.15) is 0 Å². The second-order valence-corrected chi connectivity index (χ2v) is 7.78. The van der Waals surface area contributed by atoms with E-state index in [1.807, 2.05) is 17.5 Å². The lowest BCUT2D eigenvalue weighted by Gasteiger charge is -2.14. The standard InChI is InChI=1S/C17H23N3O3S2/c1-2-3-8-23-15(21)12-25-17-19-18-16(14-7-5-10-24-14)20(17)11-13-6-4-9-22-13/h5,7,10,13H,2-4,6,8-9,11-12H2,1H3. The van der Waals surface area contributed by atoms with Crippen molar-refractivity contribution >= 4 is 29.1 Å². The molecule has 2 aromatic heterocycles. The number of thioether (sulfide) groups is 1. The van der Waals surface area contributed by atoms with Crippen LogP contribution in [-0.2, 0) is 20.8 Å². The van der Waals surface area contributed by atoms with Crippen LogP contribution < -0.4 is 0 Å². The van der Waals surface area contributed by atoms with E-state index in [1.54, 1.807) is 11.3 Å². The van der Waals surface area contributed by atoms with Crippen molar-refractivity contribution in [2.45, 2.75) is 50.4 Å². The molecule has 1 atom stereocenters. The highest BCUT2D eigenvalue weighted by atomic mass is 32.2. The van der Waals surface area contributed by atoms with Crippen LogP contribution in [0.25, 0.3) is 10.7 Å². The first kappa shape index (κ1) is 18.4. The molecule has 1 aliphatic heterocycles. The Morgan fingerprint density at radius 1 is 1.52 bits per heavy atom. The lowest BCUT2D eigenvalue weighted by Crippen LogP contribution is -2.17. The molecular weight excluding hydrogens is 358 g/mol. The molecule has 3 heterocycles. The Kier molecular flexibility index (Phi) is 6.89. The quantitative estimate of drug-likeness (QED) is 0.375. The molecule has 2 aromatic rings. The SMILES string of the molecule is CCCCOC(=O)CSc1nnc(-c2cccs2)n1CC1CCCO1. The van der Waals surface area contributed by atoms with Gasteiger partial charge in [0.05, 0.1) is 29.9 Å². The maximum absolute atomic E-state index is 11.9. The molecule has 3 rings (SSSR count). The van der Waals surface area contributed by atoms with E-state index in [2.05, 4.69) is 21.7 Å². The first-order chi connectivity index (χ1) is 12.3. The summed E-state index contributed by atoms with van der Waals surface area (Å²) in [5.41, 5.74) is 0. The molecule has 0 aliphatic carbocycles. The van der Waals surface area contributed by atoms with Crippen LogP contribution in [0.2, 0.25) is 0 Å². The number of rotatable bonds is 9. The average Bonchev–Trinajstić information content (AvgIpc) is 3.36. The van der Waals surface area contributed by atoms with Crippen LogP contribution in [0.3, 0.4) is 0 Å². The number of carbonyl (C=O) groups is 1. The molecule has 0 aromatic carbocycles. The number of aromatic nitrogens is 3. The molecule has 1 unspecified atom stereocenters. The first-order valence-corrected chi connectivity index (χ1v) is 10.5. The van der Waals surface area contributed by atoms with Crippen molar-refractivity contribution in [2.24, 2.45) is 0 Å². The highest BCUT2D eigenvalue weighted by molar-refractivity contribution is 7.99. The zero-order valence-electron chi connectivity index (χ0n) is 14.3. The minimum absolute atomic E-state index is 0.186. The Labute approximate surface area is 155 Å². The van der Waals surface area contributed by atoms with E-state index in [4.69, 9.17) is 9.47 Å². The van der Waals surface area contributed by atoms with Gasteiger partial charge < -0.3 is 9.47 Å². The summed E-state index contributed by atoms with van der Waals surface area (Å²) in [5, 5.41) is 11.4. The minimum Gasteiger partial charge on any atom is -0.465 e. The van der Waals surface area contributed by atoms with Gasteiger partial charge in [-0.1, -0.05) is 31.2 Å².